The molecule has 0 saturated carbocycles. The molecule has 110 valence electrons. The molecular weight excluding hydrogens is 314 g/mol. The number of rotatable bonds is 4. The highest BCUT2D eigenvalue weighted by atomic mass is 35.5. The summed E-state index contributed by atoms with van der Waals surface area (Å²) in [4.78, 5) is 36.5. The highest BCUT2D eigenvalue weighted by Gasteiger charge is 2.29. The van der Waals surface area contributed by atoms with Gasteiger partial charge in [-0.1, -0.05) is 23.4 Å². The smallest absolute Gasteiger partial charge is 0.333 e. The standard InChI is InChI=1S/C14H12ClNO4S/c1-20-14(19)6-13-16(12(18)8-21-13)7-11(17)9-2-4-10(15)5-3-9/h2-6H,7-8H2,1H3/b13-6-. The first-order valence-corrected chi connectivity index (χ1v) is 7.39. The second-order valence-electron chi connectivity index (χ2n) is 4.20. The quantitative estimate of drug-likeness (QED) is 0.482. The van der Waals surface area contributed by atoms with Crippen LogP contribution in [0.3, 0.4) is 0 Å². The summed E-state index contributed by atoms with van der Waals surface area (Å²) in [6, 6.07) is 6.42. The number of ether oxygens (including phenoxy) is 1. The number of ketones is 1. The van der Waals surface area contributed by atoms with Crippen molar-refractivity contribution < 1.29 is 19.1 Å². The van der Waals surface area contributed by atoms with Gasteiger partial charge in [0.05, 0.1) is 30.5 Å². The Labute approximate surface area is 130 Å². The Kier molecular flexibility index (Phi) is 5.03. The maximum Gasteiger partial charge on any atom is 0.333 e. The van der Waals surface area contributed by atoms with Gasteiger partial charge in [-0.25, -0.2) is 4.79 Å². The molecule has 0 N–H and O–H groups in total. The van der Waals surface area contributed by atoms with Gasteiger partial charge in [0, 0.05) is 10.6 Å². The number of Topliss-reactive ketones (excluding diaryl/α,β-unsaturated/α-hetero) is 1. The van der Waals surface area contributed by atoms with E-state index in [0.29, 0.717) is 15.6 Å². The van der Waals surface area contributed by atoms with E-state index in [4.69, 9.17) is 11.6 Å². The summed E-state index contributed by atoms with van der Waals surface area (Å²) in [7, 11) is 1.25. The normalized spacial score (nSPS) is 16.4. The second-order valence-corrected chi connectivity index (χ2v) is 5.64. The third-order valence-electron chi connectivity index (χ3n) is 2.82. The minimum atomic E-state index is -0.559. The minimum absolute atomic E-state index is 0.115. The number of benzene rings is 1. The first-order chi connectivity index (χ1) is 10.0. The van der Waals surface area contributed by atoms with E-state index in [-0.39, 0.29) is 24.0 Å². The van der Waals surface area contributed by atoms with Gasteiger partial charge >= 0.3 is 5.97 Å². The molecule has 1 aliphatic heterocycles. The van der Waals surface area contributed by atoms with Crippen molar-refractivity contribution in [3.05, 3.63) is 46.0 Å². The largest absolute Gasteiger partial charge is 0.466 e. The maximum atomic E-state index is 12.2. The number of methoxy groups -OCH3 is 1. The number of hydrogen-bond acceptors (Lipinski definition) is 5. The molecule has 7 heteroatoms. The first kappa shape index (κ1) is 15.6. The zero-order valence-electron chi connectivity index (χ0n) is 11.2. The second kappa shape index (κ2) is 6.78. The van der Waals surface area contributed by atoms with E-state index in [1.807, 2.05) is 0 Å². The lowest BCUT2D eigenvalue weighted by Gasteiger charge is -2.15. The van der Waals surface area contributed by atoms with Gasteiger partial charge in [-0.05, 0) is 24.3 Å². The summed E-state index contributed by atoms with van der Waals surface area (Å²) in [5, 5.41) is 0.958. The number of nitrogens with zero attached hydrogens (tertiary/aromatic N) is 1. The highest BCUT2D eigenvalue weighted by Crippen LogP contribution is 2.29. The molecule has 1 aromatic rings. The lowest BCUT2D eigenvalue weighted by atomic mass is 10.1. The molecule has 5 nitrogen and oxygen atoms in total. The van der Waals surface area contributed by atoms with Crippen LogP contribution in [0.2, 0.25) is 5.02 Å². The molecule has 0 atom stereocenters. The number of halogens is 1. The van der Waals surface area contributed by atoms with Crippen molar-refractivity contribution in [3.8, 4) is 0 Å². The topological polar surface area (TPSA) is 63.7 Å². The molecule has 21 heavy (non-hydrogen) atoms. The van der Waals surface area contributed by atoms with Crippen molar-refractivity contribution in [1.82, 2.24) is 4.90 Å². The van der Waals surface area contributed by atoms with Crippen molar-refractivity contribution >= 4 is 41.0 Å². The highest BCUT2D eigenvalue weighted by molar-refractivity contribution is 8.04. The van der Waals surface area contributed by atoms with Crippen LogP contribution in [0.1, 0.15) is 10.4 Å². The monoisotopic (exact) mass is 325 g/mol. The van der Waals surface area contributed by atoms with Crippen LogP contribution in [0.15, 0.2) is 35.4 Å². The molecule has 0 aromatic heterocycles. The van der Waals surface area contributed by atoms with Gasteiger partial charge in [0.2, 0.25) is 5.91 Å². The third-order valence-corrected chi connectivity index (χ3v) is 4.10. The van der Waals surface area contributed by atoms with Crippen LogP contribution in [-0.4, -0.2) is 42.0 Å². The molecule has 1 amide bonds. The zero-order valence-corrected chi connectivity index (χ0v) is 12.7. The number of hydrogen-bond donors (Lipinski definition) is 0. The fourth-order valence-corrected chi connectivity index (χ4v) is 2.79. The Morgan fingerprint density at radius 2 is 2.05 bits per heavy atom. The Morgan fingerprint density at radius 1 is 1.38 bits per heavy atom. The lowest BCUT2D eigenvalue weighted by molar-refractivity contribution is -0.134. The Balaban J connectivity index is 2.14. The summed E-state index contributed by atoms with van der Waals surface area (Å²) >= 11 is 6.97. The van der Waals surface area contributed by atoms with Gasteiger partial charge in [0.1, 0.15) is 0 Å². The fourth-order valence-electron chi connectivity index (χ4n) is 1.73. The molecule has 0 aliphatic carbocycles. The van der Waals surface area contributed by atoms with Crippen LogP contribution in [0.4, 0.5) is 0 Å². The van der Waals surface area contributed by atoms with Gasteiger partial charge in [-0.2, -0.15) is 0 Å². The zero-order chi connectivity index (χ0) is 15.4. The van der Waals surface area contributed by atoms with Crippen molar-refractivity contribution in [2.45, 2.75) is 0 Å². The summed E-state index contributed by atoms with van der Waals surface area (Å²) in [5.74, 6) is -0.789. The van der Waals surface area contributed by atoms with Gasteiger partial charge in [-0.15, -0.1) is 0 Å². The van der Waals surface area contributed by atoms with E-state index in [0.717, 1.165) is 0 Å². The molecule has 1 aliphatic rings. The molecule has 1 fully saturated rings. The van der Waals surface area contributed by atoms with Crippen molar-refractivity contribution in [2.75, 3.05) is 19.4 Å². The Bertz CT molecular complexity index is 612. The van der Waals surface area contributed by atoms with Crippen LogP contribution in [0.5, 0.6) is 0 Å². The molecule has 2 rings (SSSR count). The fraction of sp³-hybridized carbons (Fsp3) is 0.214. The molecular formula is C14H12ClNO4S. The lowest BCUT2D eigenvalue weighted by Crippen LogP contribution is -2.31. The van der Waals surface area contributed by atoms with Crippen LogP contribution in [-0.2, 0) is 14.3 Å². The van der Waals surface area contributed by atoms with Crippen molar-refractivity contribution in [1.29, 1.82) is 0 Å². The number of thioether (sulfide) groups is 1. The molecule has 1 heterocycles. The molecule has 1 saturated heterocycles. The first-order valence-electron chi connectivity index (χ1n) is 6.03. The van der Waals surface area contributed by atoms with E-state index >= 15 is 0 Å². The maximum absolute atomic E-state index is 12.2. The van der Waals surface area contributed by atoms with E-state index in [2.05, 4.69) is 4.74 Å². The number of carbonyl (C=O) groups excluding carboxylic acids is 3. The molecule has 0 spiro atoms. The number of esters is 1. The van der Waals surface area contributed by atoms with E-state index in [1.165, 1.54) is 29.8 Å². The SMILES string of the molecule is COC(=O)/C=C1\SCC(=O)N1CC(=O)c1ccc(Cl)cc1. The van der Waals surface area contributed by atoms with Crippen LogP contribution < -0.4 is 0 Å². The summed E-state index contributed by atoms with van der Waals surface area (Å²) in [6.45, 7) is -0.115. The van der Waals surface area contributed by atoms with Gasteiger partial charge in [0.25, 0.3) is 0 Å². The minimum Gasteiger partial charge on any atom is -0.466 e. The molecule has 0 unspecified atom stereocenters. The van der Waals surface area contributed by atoms with Crippen molar-refractivity contribution in [2.24, 2.45) is 0 Å². The van der Waals surface area contributed by atoms with Gasteiger partial charge < -0.3 is 4.74 Å². The van der Waals surface area contributed by atoms with E-state index in [9.17, 15) is 14.4 Å². The predicted molar refractivity (Wildman–Crippen MR) is 80.1 cm³/mol. The molecule has 1 aromatic carbocycles. The summed E-state index contributed by atoms with van der Waals surface area (Å²) < 4.78 is 4.53. The molecule has 0 radical (unpaired) electrons. The summed E-state index contributed by atoms with van der Waals surface area (Å²) in [5.41, 5.74) is 0.460. The van der Waals surface area contributed by atoms with Crippen LogP contribution in [0.25, 0.3) is 0 Å². The average molecular weight is 326 g/mol. The summed E-state index contributed by atoms with van der Waals surface area (Å²) in [6.07, 6.45) is 1.21. The Morgan fingerprint density at radius 3 is 2.67 bits per heavy atom. The van der Waals surface area contributed by atoms with Gasteiger partial charge in [0.15, 0.2) is 5.78 Å². The van der Waals surface area contributed by atoms with E-state index < -0.39 is 5.97 Å². The number of carbonyl (C=O) groups is 3. The predicted octanol–water partition coefficient (Wildman–Crippen LogP) is 2.11. The van der Waals surface area contributed by atoms with Crippen molar-refractivity contribution in [3.63, 3.8) is 0 Å². The molecule has 0 bridgehead atoms. The third kappa shape index (κ3) is 3.86. The van der Waals surface area contributed by atoms with E-state index in [1.54, 1.807) is 24.3 Å². The number of amides is 1. The Hall–Kier alpha value is -1.79. The average Bonchev–Trinajstić information content (AvgIpc) is 2.80. The van der Waals surface area contributed by atoms with Crippen LogP contribution in [0, 0.1) is 0 Å². The van der Waals surface area contributed by atoms with Gasteiger partial charge in [-0.3, -0.25) is 14.5 Å². The van der Waals surface area contributed by atoms with Crippen LogP contribution >= 0.6 is 23.4 Å².